The van der Waals surface area contributed by atoms with E-state index in [1.165, 1.54) is 12.1 Å². The van der Waals surface area contributed by atoms with Crippen LogP contribution in [0, 0.1) is 5.92 Å². The summed E-state index contributed by atoms with van der Waals surface area (Å²) in [5, 5.41) is 10.2. The van der Waals surface area contributed by atoms with E-state index < -0.39 is 33.4 Å². The van der Waals surface area contributed by atoms with Gasteiger partial charge in [-0.05, 0) is 30.5 Å². The van der Waals surface area contributed by atoms with Gasteiger partial charge in [0.25, 0.3) is 0 Å². The second kappa shape index (κ2) is 6.48. The maximum atomic E-state index is 12.2. The monoisotopic (exact) mass is 352 g/mol. The molecule has 23 heavy (non-hydrogen) atoms. The number of Topliss-reactive ketones (excluding diaryl/α,β-unsaturated/α-hetero) is 1. The summed E-state index contributed by atoms with van der Waals surface area (Å²) in [7, 11) is -5.73. The van der Waals surface area contributed by atoms with Crippen molar-refractivity contribution in [1.29, 1.82) is 0 Å². The molecule has 0 spiro atoms. The van der Waals surface area contributed by atoms with Crippen molar-refractivity contribution >= 4 is 15.9 Å². The maximum Gasteiger partial charge on any atom is 0.534 e. The largest absolute Gasteiger partial charge is 0.534 e. The summed E-state index contributed by atoms with van der Waals surface area (Å²) in [6.07, 6.45) is 1.46. The van der Waals surface area contributed by atoms with Gasteiger partial charge >= 0.3 is 15.6 Å². The van der Waals surface area contributed by atoms with Crippen LogP contribution in [0.4, 0.5) is 13.2 Å². The molecule has 2 rings (SSSR count). The van der Waals surface area contributed by atoms with Crippen LogP contribution >= 0.6 is 0 Å². The van der Waals surface area contributed by atoms with Crippen molar-refractivity contribution in [2.45, 2.75) is 37.3 Å². The smallest absolute Gasteiger partial charge is 0.388 e. The third-order valence-corrected chi connectivity index (χ3v) is 4.67. The van der Waals surface area contributed by atoms with Gasteiger partial charge in [0.1, 0.15) is 11.5 Å². The van der Waals surface area contributed by atoms with E-state index in [4.69, 9.17) is 0 Å². The van der Waals surface area contributed by atoms with Crippen molar-refractivity contribution in [3.8, 4) is 5.75 Å². The summed E-state index contributed by atoms with van der Waals surface area (Å²) in [4.78, 5) is 11.8. The highest BCUT2D eigenvalue weighted by atomic mass is 32.2. The van der Waals surface area contributed by atoms with Gasteiger partial charge in [-0.2, -0.15) is 21.6 Å². The number of aliphatic hydroxyl groups excluding tert-OH is 1. The molecule has 0 aliphatic heterocycles. The number of aliphatic hydroxyl groups is 1. The fourth-order valence-corrected chi connectivity index (χ4v) is 2.93. The van der Waals surface area contributed by atoms with Gasteiger partial charge < -0.3 is 9.29 Å². The number of benzene rings is 1. The molecule has 1 saturated carbocycles. The van der Waals surface area contributed by atoms with Crippen LogP contribution in [-0.2, 0) is 14.9 Å². The Morgan fingerprint density at radius 1 is 1.17 bits per heavy atom. The Bertz CT molecular complexity index is 667. The van der Waals surface area contributed by atoms with E-state index in [2.05, 4.69) is 4.18 Å². The van der Waals surface area contributed by atoms with Crippen LogP contribution in [0.5, 0.6) is 5.75 Å². The lowest BCUT2D eigenvalue weighted by Crippen LogP contribution is -2.28. The Balaban J connectivity index is 2.12. The van der Waals surface area contributed by atoms with Crippen LogP contribution in [0.2, 0.25) is 0 Å². The summed E-state index contributed by atoms with van der Waals surface area (Å²) in [6.45, 7) is 0. The highest BCUT2D eigenvalue weighted by Gasteiger charge is 2.48. The summed E-state index contributed by atoms with van der Waals surface area (Å²) >= 11 is 0. The van der Waals surface area contributed by atoms with Gasteiger partial charge in [-0.15, -0.1) is 0 Å². The zero-order chi connectivity index (χ0) is 17.3. The first kappa shape index (κ1) is 17.7. The van der Waals surface area contributed by atoms with Gasteiger partial charge in [0, 0.05) is 12.3 Å². The number of carbonyl (C=O) groups is 1. The number of alkyl halides is 3. The van der Waals surface area contributed by atoms with Crippen LogP contribution in [0.1, 0.15) is 37.4 Å². The molecule has 1 aliphatic carbocycles. The minimum Gasteiger partial charge on any atom is -0.388 e. The second-order valence-corrected chi connectivity index (χ2v) is 6.85. The molecule has 1 N–H and O–H groups in total. The Morgan fingerprint density at radius 3 is 2.30 bits per heavy atom. The molecule has 0 unspecified atom stereocenters. The molecular formula is C14H15F3O5S. The Morgan fingerprint density at radius 2 is 1.78 bits per heavy atom. The summed E-state index contributed by atoms with van der Waals surface area (Å²) in [5.74, 6) is -1.12. The van der Waals surface area contributed by atoms with Crippen molar-refractivity contribution in [3.05, 3.63) is 29.8 Å². The first-order valence-corrected chi connectivity index (χ1v) is 8.34. The first-order valence-electron chi connectivity index (χ1n) is 6.93. The number of rotatable bonds is 4. The fourth-order valence-electron chi connectivity index (χ4n) is 2.47. The fraction of sp³-hybridized carbons (Fsp3) is 0.500. The van der Waals surface area contributed by atoms with E-state index in [0.717, 1.165) is 25.0 Å². The second-order valence-electron chi connectivity index (χ2n) is 5.32. The predicted molar refractivity (Wildman–Crippen MR) is 74.0 cm³/mol. The Labute approximate surface area is 131 Å². The molecule has 0 heterocycles. The lowest BCUT2D eigenvalue weighted by atomic mass is 9.82. The molecule has 5 nitrogen and oxygen atoms in total. The van der Waals surface area contributed by atoms with Crippen LogP contribution in [0.3, 0.4) is 0 Å². The number of halogens is 3. The first-order chi connectivity index (χ1) is 10.6. The van der Waals surface area contributed by atoms with Crippen LogP contribution in [0.25, 0.3) is 0 Å². The topological polar surface area (TPSA) is 80.7 Å². The van der Waals surface area contributed by atoms with Gasteiger partial charge in [0.15, 0.2) is 0 Å². The van der Waals surface area contributed by atoms with Gasteiger partial charge in [0.2, 0.25) is 0 Å². The van der Waals surface area contributed by atoms with Crippen molar-refractivity contribution < 1.29 is 35.7 Å². The summed E-state index contributed by atoms with van der Waals surface area (Å²) in [5.41, 5.74) is -5.19. The molecule has 0 radical (unpaired) electrons. The van der Waals surface area contributed by atoms with Crippen LogP contribution < -0.4 is 4.18 Å². The lowest BCUT2D eigenvalue weighted by molar-refractivity contribution is -0.128. The van der Waals surface area contributed by atoms with Crippen molar-refractivity contribution in [1.82, 2.24) is 0 Å². The third kappa shape index (κ3) is 4.03. The summed E-state index contributed by atoms with van der Waals surface area (Å²) < 4.78 is 62.4. The van der Waals surface area contributed by atoms with Gasteiger partial charge in [0.05, 0.1) is 6.10 Å². The molecule has 1 fully saturated rings. The molecular weight excluding hydrogens is 337 g/mol. The minimum absolute atomic E-state index is 0.0521. The molecule has 2 atom stereocenters. The van der Waals surface area contributed by atoms with E-state index in [1.807, 2.05) is 0 Å². The highest BCUT2D eigenvalue weighted by molar-refractivity contribution is 7.87. The van der Waals surface area contributed by atoms with Crippen LogP contribution in [-0.4, -0.2) is 24.8 Å². The average molecular weight is 352 g/mol. The van der Waals surface area contributed by atoms with E-state index in [9.17, 15) is 31.5 Å². The zero-order valence-electron chi connectivity index (χ0n) is 11.9. The Kier molecular flexibility index (Phi) is 5.00. The molecule has 1 aromatic rings. The van der Waals surface area contributed by atoms with E-state index in [0.29, 0.717) is 18.4 Å². The standard InChI is InChI=1S/C14H15F3O5S/c15-14(16,17)23(20,21)22-10-7-5-9(6-8-10)13(19)11-3-1-2-4-12(11)18/h5-8,11,13,19H,1-4H2/t11-,13+/m1/s1. The lowest BCUT2D eigenvalue weighted by Gasteiger charge is -2.25. The van der Waals surface area contributed by atoms with Crippen molar-refractivity contribution in [2.24, 2.45) is 5.92 Å². The molecule has 0 bridgehead atoms. The molecule has 1 aromatic carbocycles. The Hall–Kier alpha value is -1.61. The van der Waals surface area contributed by atoms with E-state index in [1.54, 1.807) is 0 Å². The SMILES string of the molecule is O=C1CCCC[C@H]1[C@@H](O)c1ccc(OS(=O)(=O)C(F)(F)F)cc1. The number of hydrogen-bond donors (Lipinski definition) is 1. The molecule has 0 aromatic heterocycles. The zero-order valence-corrected chi connectivity index (χ0v) is 12.7. The number of carbonyl (C=O) groups excluding carboxylic acids is 1. The van der Waals surface area contributed by atoms with Gasteiger partial charge in [-0.25, -0.2) is 0 Å². The molecule has 9 heteroatoms. The van der Waals surface area contributed by atoms with Crippen LogP contribution in [0.15, 0.2) is 24.3 Å². The highest BCUT2D eigenvalue weighted by Crippen LogP contribution is 2.33. The summed E-state index contributed by atoms with van der Waals surface area (Å²) in [6, 6.07) is 4.51. The van der Waals surface area contributed by atoms with E-state index in [-0.39, 0.29) is 5.78 Å². The number of hydrogen-bond acceptors (Lipinski definition) is 5. The number of ketones is 1. The van der Waals surface area contributed by atoms with Gasteiger partial charge in [-0.1, -0.05) is 18.6 Å². The third-order valence-electron chi connectivity index (χ3n) is 3.69. The quantitative estimate of drug-likeness (QED) is 0.666. The minimum atomic E-state index is -5.73. The molecule has 0 amide bonds. The van der Waals surface area contributed by atoms with Crippen molar-refractivity contribution in [3.63, 3.8) is 0 Å². The van der Waals surface area contributed by atoms with E-state index >= 15 is 0 Å². The average Bonchev–Trinajstić information content (AvgIpc) is 2.46. The molecule has 0 saturated heterocycles. The normalized spacial score (nSPS) is 21.0. The molecule has 128 valence electrons. The van der Waals surface area contributed by atoms with Gasteiger partial charge in [-0.3, -0.25) is 4.79 Å². The maximum absolute atomic E-state index is 12.2. The predicted octanol–water partition coefficient (Wildman–Crippen LogP) is 2.71. The van der Waals surface area contributed by atoms with Crippen molar-refractivity contribution in [2.75, 3.05) is 0 Å². The molecule has 1 aliphatic rings.